The fourth-order valence-corrected chi connectivity index (χ4v) is 5.25. The lowest BCUT2D eigenvalue weighted by molar-refractivity contribution is 0.0991. The van der Waals surface area contributed by atoms with Gasteiger partial charge in [0.15, 0.2) is 9.84 Å². The number of nitrogens with one attached hydrogen (secondary N) is 1. The SMILES string of the molecule is O=C(NCc1ccc(S(=O)(=O)C2CCCOC2)cc1)N1Cc2ccncc2C1. The third-order valence-corrected chi connectivity index (χ3v) is 7.45. The van der Waals surface area contributed by atoms with Gasteiger partial charge >= 0.3 is 6.03 Å². The van der Waals surface area contributed by atoms with Crippen LogP contribution in [0, 0.1) is 0 Å². The van der Waals surface area contributed by atoms with Crippen LogP contribution in [0.5, 0.6) is 0 Å². The van der Waals surface area contributed by atoms with Crippen molar-refractivity contribution >= 4 is 15.9 Å². The van der Waals surface area contributed by atoms with Gasteiger partial charge in [0.25, 0.3) is 0 Å². The number of carbonyl (C=O) groups excluding carboxylic acids is 1. The molecule has 0 aliphatic carbocycles. The van der Waals surface area contributed by atoms with Crippen LogP contribution in [0.3, 0.4) is 0 Å². The molecule has 0 bridgehead atoms. The molecule has 2 aliphatic heterocycles. The fourth-order valence-electron chi connectivity index (χ4n) is 3.60. The molecule has 1 aromatic carbocycles. The summed E-state index contributed by atoms with van der Waals surface area (Å²) in [6.45, 7) is 2.36. The minimum atomic E-state index is -3.38. The van der Waals surface area contributed by atoms with Gasteiger partial charge in [0.2, 0.25) is 0 Å². The number of pyridine rings is 1. The summed E-state index contributed by atoms with van der Waals surface area (Å²) in [5.74, 6) is 0. The fraction of sp³-hybridized carbons (Fsp3) is 0.400. The summed E-state index contributed by atoms with van der Waals surface area (Å²) in [6.07, 6.45) is 4.92. The van der Waals surface area contributed by atoms with Gasteiger partial charge in [-0.1, -0.05) is 12.1 Å². The Hall–Kier alpha value is -2.45. The summed E-state index contributed by atoms with van der Waals surface area (Å²) in [5, 5.41) is 2.42. The van der Waals surface area contributed by atoms with Crippen LogP contribution in [0.25, 0.3) is 0 Å². The normalized spacial score (nSPS) is 19.3. The first-order chi connectivity index (χ1) is 13.5. The second-order valence-electron chi connectivity index (χ2n) is 7.19. The number of rotatable bonds is 4. The Morgan fingerprint density at radius 1 is 1.18 bits per heavy atom. The number of hydrogen-bond donors (Lipinski definition) is 1. The van der Waals surface area contributed by atoms with Crippen molar-refractivity contribution in [1.82, 2.24) is 15.2 Å². The molecule has 28 heavy (non-hydrogen) atoms. The lowest BCUT2D eigenvalue weighted by Gasteiger charge is -2.22. The third-order valence-electron chi connectivity index (χ3n) is 5.27. The molecule has 3 heterocycles. The molecule has 4 rings (SSSR count). The second-order valence-corrected chi connectivity index (χ2v) is 9.42. The lowest BCUT2D eigenvalue weighted by Crippen LogP contribution is -2.36. The Bertz CT molecular complexity index is 929. The number of amides is 2. The molecule has 148 valence electrons. The van der Waals surface area contributed by atoms with Crippen LogP contribution >= 0.6 is 0 Å². The molecule has 2 aromatic rings. The molecule has 1 N–H and O–H groups in total. The quantitative estimate of drug-likeness (QED) is 0.849. The van der Waals surface area contributed by atoms with Gasteiger partial charge < -0.3 is 15.0 Å². The highest BCUT2D eigenvalue weighted by atomic mass is 32.2. The maximum absolute atomic E-state index is 12.7. The van der Waals surface area contributed by atoms with E-state index >= 15 is 0 Å². The van der Waals surface area contributed by atoms with E-state index in [2.05, 4.69) is 10.3 Å². The summed E-state index contributed by atoms with van der Waals surface area (Å²) in [7, 11) is -3.38. The van der Waals surface area contributed by atoms with E-state index in [0.29, 0.717) is 37.6 Å². The highest BCUT2D eigenvalue weighted by molar-refractivity contribution is 7.92. The first-order valence-corrected chi connectivity index (χ1v) is 10.9. The van der Waals surface area contributed by atoms with Gasteiger partial charge in [-0.3, -0.25) is 4.98 Å². The zero-order valence-corrected chi connectivity index (χ0v) is 16.3. The molecular formula is C20H23N3O4S. The minimum Gasteiger partial charge on any atom is -0.380 e. The molecule has 1 fully saturated rings. The molecule has 2 aliphatic rings. The van der Waals surface area contributed by atoms with Gasteiger partial charge in [0.1, 0.15) is 0 Å². The lowest BCUT2D eigenvalue weighted by atomic mass is 10.2. The number of aromatic nitrogens is 1. The zero-order chi connectivity index (χ0) is 19.6. The first-order valence-electron chi connectivity index (χ1n) is 9.39. The number of carbonyl (C=O) groups is 1. The van der Waals surface area contributed by atoms with Crippen LogP contribution in [0.2, 0.25) is 0 Å². The van der Waals surface area contributed by atoms with E-state index in [-0.39, 0.29) is 12.6 Å². The largest absolute Gasteiger partial charge is 0.380 e. The van der Waals surface area contributed by atoms with Crippen LogP contribution in [-0.4, -0.2) is 42.8 Å². The van der Waals surface area contributed by atoms with Crippen molar-refractivity contribution < 1.29 is 17.9 Å². The predicted octanol–water partition coefficient (Wildman–Crippen LogP) is 2.26. The number of ether oxygens (including phenoxy) is 1. The minimum absolute atomic E-state index is 0.146. The molecular weight excluding hydrogens is 378 g/mol. The van der Waals surface area contributed by atoms with Crippen LogP contribution in [0.1, 0.15) is 29.5 Å². The van der Waals surface area contributed by atoms with Crippen LogP contribution < -0.4 is 5.32 Å². The number of urea groups is 1. The topological polar surface area (TPSA) is 88.6 Å². The molecule has 0 spiro atoms. The summed E-state index contributed by atoms with van der Waals surface area (Å²) in [6, 6.07) is 8.51. The van der Waals surface area contributed by atoms with Crippen molar-refractivity contribution in [2.75, 3.05) is 13.2 Å². The van der Waals surface area contributed by atoms with Gasteiger partial charge in [-0.05, 0) is 47.7 Å². The van der Waals surface area contributed by atoms with Crippen LogP contribution in [-0.2, 0) is 34.2 Å². The number of nitrogens with zero attached hydrogens (tertiary/aromatic N) is 2. The number of fused-ring (bicyclic) bond motifs is 1. The summed E-state index contributed by atoms with van der Waals surface area (Å²) >= 11 is 0. The zero-order valence-electron chi connectivity index (χ0n) is 15.5. The van der Waals surface area contributed by atoms with E-state index < -0.39 is 15.1 Å². The molecule has 8 heteroatoms. The summed E-state index contributed by atoms with van der Waals surface area (Å²) in [4.78, 5) is 18.5. The summed E-state index contributed by atoms with van der Waals surface area (Å²) in [5.41, 5.74) is 3.04. The standard InChI is InChI=1S/C20H23N3O4S/c24-20(23-12-16-7-8-21-11-17(16)13-23)22-10-15-3-5-18(6-4-15)28(25,26)19-2-1-9-27-14-19/h3-8,11,19H,1-2,9-10,12-14H2,(H,22,24). The molecule has 1 unspecified atom stereocenters. The van der Waals surface area contributed by atoms with E-state index in [0.717, 1.165) is 23.1 Å². The van der Waals surface area contributed by atoms with Gasteiger partial charge in [-0.15, -0.1) is 0 Å². The van der Waals surface area contributed by atoms with Crippen LogP contribution in [0.4, 0.5) is 4.79 Å². The van der Waals surface area contributed by atoms with Crippen molar-refractivity contribution in [3.05, 3.63) is 59.4 Å². The van der Waals surface area contributed by atoms with Crippen molar-refractivity contribution in [2.45, 2.75) is 42.6 Å². The second kappa shape index (κ2) is 7.89. The Labute approximate surface area is 164 Å². The Morgan fingerprint density at radius 3 is 2.68 bits per heavy atom. The van der Waals surface area contributed by atoms with Gasteiger partial charge in [0, 0.05) is 38.6 Å². The monoisotopic (exact) mass is 401 g/mol. The molecule has 2 amide bonds. The van der Waals surface area contributed by atoms with E-state index in [4.69, 9.17) is 4.74 Å². The Balaban J connectivity index is 1.34. The molecule has 1 saturated heterocycles. The number of hydrogen-bond acceptors (Lipinski definition) is 5. The first kappa shape index (κ1) is 18.9. The van der Waals surface area contributed by atoms with E-state index in [1.54, 1.807) is 41.6 Å². The van der Waals surface area contributed by atoms with Crippen LogP contribution in [0.15, 0.2) is 47.6 Å². The maximum atomic E-state index is 12.7. The third kappa shape index (κ3) is 3.88. The van der Waals surface area contributed by atoms with E-state index in [1.807, 2.05) is 6.07 Å². The van der Waals surface area contributed by atoms with Gasteiger partial charge in [-0.25, -0.2) is 13.2 Å². The molecule has 1 atom stereocenters. The maximum Gasteiger partial charge on any atom is 0.318 e. The number of sulfone groups is 1. The average Bonchev–Trinajstić information content (AvgIpc) is 3.17. The highest BCUT2D eigenvalue weighted by Gasteiger charge is 2.29. The highest BCUT2D eigenvalue weighted by Crippen LogP contribution is 2.23. The van der Waals surface area contributed by atoms with E-state index in [1.165, 1.54) is 0 Å². The van der Waals surface area contributed by atoms with Crippen molar-refractivity contribution in [3.63, 3.8) is 0 Å². The molecule has 0 radical (unpaired) electrons. The Morgan fingerprint density at radius 2 is 1.96 bits per heavy atom. The predicted molar refractivity (Wildman–Crippen MR) is 103 cm³/mol. The average molecular weight is 401 g/mol. The molecule has 7 nitrogen and oxygen atoms in total. The van der Waals surface area contributed by atoms with Crippen molar-refractivity contribution in [3.8, 4) is 0 Å². The molecule has 1 aromatic heterocycles. The smallest absolute Gasteiger partial charge is 0.318 e. The number of benzene rings is 1. The molecule has 0 saturated carbocycles. The van der Waals surface area contributed by atoms with Gasteiger partial charge in [0.05, 0.1) is 16.8 Å². The summed E-state index contributed by atoms with van der Waals surface area (Å²) < 4.78 is 30.7. The van der Waals surface area contributed by atoms with Crippen molar-refractivity contribution in [1.29, 1.82) is 0 Å². The Kier molecular flexibility index (Phi) is 5.32. The van der Waals surface area contributed by atoms with Crippen molar-refractivity contribution in [2.24, 2.45) is 0 Å². The van der Waals surface area contributed by atoms with Gasteiger partial charge in [-0.2, -0.15) is 0 Å². The van der Waals surface area contributed by atoms with E-state index in [9.17, 15) is 13.2 Å².